The van der Waals surface area contributed by atoms with Crippen LogP contribution in [0.3, 0.4) is 0 Å². The second kappa shape index (κ2) is 8.07. The number of carbonyl (C=O) groups is 2. The number of aromatic nitrogens is 1. The SMILES string of the molecule is C[C@H]1C[C@H](C)CN(C(=O)COC(=O)c2cc(-c3ccco3)nc3ccccc23)C1. The average Bonchev–Trinajstić information content (AvgIpc) is 3.25. The molecule has 0 spiro atoms. The summed E-state index contributed by atoms with van der Waals surface area (Å²) in [4.78, 5) is 31.8. The summed E-state index contributed by atoms with van der Waals surface area (Å²) in [5.74, 6) is 0.790. The summed E-state index contributed by atoms with van der Waals surface area (Å²) in [7, 11) is 0. The normalized spacial score (nSPS) is 19.3. The van der Waals surface area contributed by atoms with Crippen molar-refractivity contribution in [2.45, 2.75) is 20.3 Å². The fourth-order valence-corrected chi connectivity index (χ4v) is 4.06. The molecule has 1 aliphatic rings. The topological polar surface area (TPSA) is 72.6 Å². The predicted molar refractivity (Wildman–Crippen MR) is 109 cm³/mol. The number of furan rings is 1. The van der Waals surface area contributed by atoms with Gasteiger partial charge >= 0.3 is 5.97 Å². The first-order valence-corrected chi connectivity index (χ1v) is 9.90. The van der Waals surface area contributed by atoms with Gasteiger partial charge in [0.15, 0.2) is 12.4 Å². The smallest absolute Gasteiger partial charge is 0.339 e. The van der Waals surface area contributed by atoms with E-state index in [4.69, 9.17) is 9.15 Å². The fraction of sp³-hybridized carbons (Fsp3) is 0.348. The Bertz CT molecular complexity index is 1020. The number of piperidine rings is 1. The van der Waals surface area contributed by atoms with E-state index in [9.17, 15) is 9.59 Å². The van der Waals surface area contributed by atoms with Crippen LogP contribution in [0.2, 0.25) is 0 Å². The van der Waals surface area contributed by atoms with Gasteiger partial charge in [-0.05, 0) is 42.5 Å². The van der Waals surface area contributed by atoms with Crippen molar-refractivity contribution in [2.75, 3.05) is 19.7 Å². The molecule has 3 heterocycles. The van der Waals surface area contributed by atoms with Crippen molar-refractivity contribution in [2.24, 2.45) is 11.8 Å². The lowest BCUT2D eigenvalue weighted by Crippen LogP contribution is -2.44. The lowest BCUT2D eigenvalue weighted by atomic mass is 9.92. The van der Waals surface area contributed by atoms with Crippen molar-refractivity contribution >= 4 is 22.8 Å². The number of hydrogen-bond acceptors (Lipinski definition) is 5. The van der Waals surface area contributed by atoms with Crippen molar-refractivity contribution in [3.63, 3.8) is 0 Å². The minimum absolute atomic E-state index is 0.152. The Morgan fingerprint density at radius 3 is 2.62 bits per heavy atom. The molecule has 0 saturated carbocycles. The molecular formula is C23H24N2O4. The number of ether oxygens (including phenoxy) is 1. The maximum atomic E-state index is 12.8. The zero-order valence-corrected chi connectivity index (χ0v) is 16.6. The Morgan fingerprint density at radius 2 is 1.90 bits per heavy atom. The number of benzene rings is 1. The third-order valence-electron chi connectivity index (χ3n) is 5.26. The summed E-state index contributed by atoms with van der Waals surface area (Å²) in [5, 5.41) is 0.681. The van der Waals surface area contributed by atoms with Crippen LogP contribution >= 0.6 is 0 Å². The van der Waals surface area contributed by atoms with Crippen molar-refractivity contribution in [1.29, 1.82) is 0 Å². The summed E-state index contributed by atoms with van der Waals surface area (Å²) in [6.07, 6.45) is 2.67. The number of pyridine rings is 1. The Balaban J connectivity index is 1.54. The van der Waals surface area contributed by atoms with E-state index in [2.05, 4.69) is 18.8 Å². The van der Waals surface area contributed by atoms with Crippen LogP contribution in [0.25, 0.3) is 22.4 Å². The van der Waals surface area contributed by atoms with E-state index in [0.29, 0.717) is 52.8 Å². The van der Waals surface area contributed by atoms with E-state index < -0.39 is 5.97 Å². The van der Waals surface area contributed by atoms with Crippen LogP contribution in [0, 0.1) is 11.8 Å². The molecule has 1 aromatic carbocycles. The molecular weight excluding hydrogens is 368 g/mol. The highest BCUT2D eigenvalue weighted by atomic mass is 16.5. The van der Waals surface area contributed by atoms with Gasteiger partial charge in [0.2, 0.25) is 0 Å². The summed E-state index contributed by atoms with van der Waals surface area (Å²) >= 11 is 0. The van der Waals surface area contributed by atoms with Crippen LogP contribution in [0.5, 0.6) is 0 Å². The maximum Gasteiger partial charge on any atom is 0.339 e. The molecule has 29 heavy (non-hydrogen) atoms. The third-order valence-corrected chi connectivity index (χ3v) is 5.26. The molecule has 150 valence electrons. The largest absolute Gasteiger partial charge is 0.463 e. The molecule has 1 saturated heterocycles. The van der Waals surface area contributed by atoms with E-state index in [1.165, 1.54) is 0 Å². The molecule has 1 aliphatic heterocycles. The zero-order valence-electron chi connectivity index (χ0n) is 16.6. The van der Waals surface area contributed by atoms with Gasteiger partial charge in [-0.25, -0.2) is 9.78 Å². The van der Waals surface area contributed by atoms with E-state index in [-0.39, 0.29) is 12.5 Å². The number of carbonyl (C=O) groups excluding carboxylic acids is 2. The van der Waals surface area contributed by atoms with E-state index in [1.807, 2.05) is 24.3 Å². The summed E-state index contributed by atoms with van der Waals surface area (Å²) in [5.41, 5.74) is 1.58. The highest BCUT2D eigenvalue weighted by Crippen LogP contribution is 2.26. The molecule has 2 aromatic heterocycles. The van der Waals surface area contributed by atoms with Crippen LogP contribution < -0.4 is 0 Å². The van der Waals surface area contributed by atoms with Crippen LogP contribution in [-0.4, -0.2) is 41.5 Å². The first-order valence-electron chi connectivity index (χ1n) is 9.90. The molecule has 2 atom stereocenters. The van der Waals surface area contributed by atoms with Crippen molar-refractivity contribution in [3.8, 4) is 11.5 Å². The van der Waals surface area contributed by atoms with E-state index >= 15 is 0 Å². The fourth-order valence-electron chi connectivity index (χ4n) is 4.06. The number of nitrogens with zero attached hydrogens (tertiary/aromatic N) is 2. The average molecular weight is 392 g/mol. The van der Waals surface area contributed by atoms with Gasteiger partial charge in [-0.15, -0.1) is 0 Å². The van der Waals surface area contributed by atoms with Crippen molar-refractivity contribution in [1.82, 2.24) is 9.88 Å². The molecule has 0 aliphatic carbocycles. The standard InChI is InChI=1S/C23H24N2O4/c1-15-10-16(2)13-25(12-15)22(26)14-29-23(27)18-11-20(21-8-5-9-28-21)24-19-7-4-3-6-17(18)19/h3-9,11,15-16H,10,12-14H2,1-2H3/t15-,16-/m0/s1. The molecule has 6 nitrogen and oxygen atoms in total. The minimum Gasteiger partial charge on any atom is -0.463 e. The van der Waals surface area contributed by atoms with Gasteiger partial charge in [-0.1, -0.05) is 32.0 Å². The molecule has 1 amide bonds. The van der Waals surface area contributed by atoms with Gasteiger partial charge in [-0.2, -0.15) is 0 Å². The van der Waals surface area contributed by atoms with E-state index in [1.54, 1.807) is 29.4 Å². The number of para-hydroxylation sites is 1. The molecule has 0 radical (unpaired) electrons. The second-order valence-corrected chi connectivity index (χ2v) is 7.87. The predicted octanol–water partition coefficient (Wildman–Crippen LogP) is 4.16. The van der Waals surface area contributed by atoms with Crippen molar-refractivity contribution in [3.05, 3.63) is 54.3 Å². The van der Waals surface area contributed by atoms with Crippen LogP contribution in [0.15, 0.2) is 53.1 Å². The highest BCUT2D eigenvalue weighted by molar-refractivity contribution is 6.05. The lowest BCUT2D eigenvalue weighted by Gasteiger charge is -2.34. The molecule has 1 fully saturated rings. The number of likely N-dealkylation sites (tertiary alicyclic amines) is 1. The highest BCUT2D eigenvalue weighted by Gasteiger charge is 2.26. The van der Waals surface area contributed by atoms with Gasteiger partial charge in [0, 0.05) is 18.5 Å². The first kappa shape index (κ1) is 19.2. The van der Waals surface area contributed by atoms with Gasteiger partial charge in [0.25, 0.3) is 5.91 Å². The molecule has 0 unspecified atom stereocenters. The van der Waals surface area contributed by atoms with Gasteiger partial charge in [0.1, 0.15) is 5.69 Å². The quantitative estimate of drug-likeness (QED) is 0.624. The Labute approximate surface area is 169 Å². The number of amides is 1. The molecule has 4 rings (SSSR count). The summed E-state index contributed by atoms with van der Waals surface area (Å²) in [6, 6.07) is 12.6. The second-order valence-electron chi connectivity index (χ2n) is 7.87. The third kappa shape index (κ3) is 4.16. The van der Waals surface area contributed by atoms with Crippen LogP contribution in [0.1, 0.15) is 30.6 Å². The molecule has 3 aromatic rings. The summed E-state index contributed by atoms with van der Waals surface area (Å²) < 4.78 is 10.8. The van der Waals surface area contributed by atoms with Crippen LogP contribution in [0.4, 0.5) is 0 Å². The number of esters is 1. The first-order chi connectivity index (χ1) is 14.0. The Kier molecular flexibility index (Phi) is 5.34. The monoisotopic (exact) mass is 392 g/mol. The number of rotatable bonds is 4. The van der Waals surface area contributed by atoms with Gasteiger partial charge in [0.05, 0.1) is 17.3 Å². The lowest BCUT2D eigenvalue weighted by molar-refractivity contribution is -0.137. The van der Waals surface area contributed by atoms with Crippen LogP contribution in [-0.2, 0) is 9.53 Å². The number of hydrogen-bond donors (Lipinski definition) is 0. The molecule has 0 N–H and O–H groups in total. The van der Waals surface area contributed by atoms with Gasteiger partial charge in [-0.3, -0.25) is 4.79 Å². The van der Waals surface area contributed by atoms with Crippen molar-refractivity contribution < 1.29 is 18.7 Å². The van der Waals surface area contributed by atoms with Gasteiger partial charge < -0.3 is 14.1 Å². The number of fused-ring (bicyclic) bond motifs is 1. The van der Waals surface area contributed by atoms with E-state index in [0.717, 1.165) is 6.42 Å². The summed E-state index contributed by atoms with van der Waals surface area (Å²) in [6.45, 7) is 5.44. The zero-order chi connectivity index (χ0) is 20.4. The Hall–Kier alpha value is -3.15. The Morgan fingerprint density at radius 1 is 1.14 bits per heavy atom. The molecule has 6 heteroatoms. The minimum atomic E-state index is -0.539. The molecule has 0 bridgehead atoms. The maximum absolute atomic E-state index is 12.8.